The van der Waals surface area contributed by atoms with Crippen molar-refractivity contribution in [1.82, 2.24) is 10.3 Å². The smallest absolute Gasteiger partial charge is 0.251 e. The van der Waals surface area contributed by atoms with Gasteiger partial charge in [-0.1, -0.05) is 29.8 Å². The molecule has 5 heteroatoms. The zero-order valence-electron chi connectivity index (χ0n) is 13.5. The summed E-state index contributed by atoms with van der Waals surface area (Å²) in [5.74, 6) is 0.598. The highest BCUT2D eigenvalue weighted by molar-refractivity contribution is 6.30. The van der Waals surface area contributed by atoms with Crippen LogP contribution in [0.1, 0.15) is 21.6 Å². The first kappa shape index (κ1) is 17.0. The SMILES string of the molecule is O=C(NCc1cccc(OCc2ccccn2)c1)c1ccc(Cl)cc1. The highest BCUT2D eigenvalue weighted by atomic mass is 35.5. The molecule has 1 amide bonds. The van der Waals surface area contributed by atoms with Gasteiger partial charge in [0.05, 0.1) is 5.69 Å². The van der Waals surface area contributed by atoms with E-state index < -0.39 is 0 Å². The zero-order valence-corrected chi connectivity index (χ0v) is 14.2. The van der Waals surface area contributed by atoms with E-state index in [9.17, 15) is 4.79 Å². The topological polar surface area (TPSA) is 51.2 Å². The van der Waals surface area contributed by atoms with Crippen LogP contribution in [0.15, 0.2) is 72.9 Å². The fourth-order valence-electron chi connectivity index (χ4n) is 2.27. The van der Waals surface area contributed by atoms with E-state index >= 15 is 0 Å². The van der Waals surface area contributed by atoms with Crippen LogP contribution in [0.25, 0.3) is 0 Å². The highest BCUT2D eigenvalue weighted by Gasteiger charge is 2.05. The van der Waals surface area contributed by atoms with Gasteiger partial charge >= 0.3 is 0 Å². The minimum Gasteiger partial charge on any atom is -0.487 e. The third kappa shape index (κ3) is 5.06. The Bertz CT molecular complexity index is 836. The molecule has 0 fully saturated rings. The van der Waals surface area contributed by atoms with Crippen LogP contribution in [0, 0.1) is 0 Å². The number of hydrogen-bond donors (Lipinski definition) is 1. The fourth-order valence-corrected chi connectivity index (χ4v) is 2.40. The summed E-state index contributed by atoms with van der Waals surface area (Å²) < 4.78 is 5.75. The van der Waals surface area contributed by atoms with Gasteiger partial charge in [-0.3, -0.25) is 9.78 Å². The Hall–Kier alpha value is -2.85. The molecule has 0 radical (unpaired) electrons. The molecule has 4 nitrogen and oxygen atoms in total. The Morgan fingerprint density at radius 3 is 2.64 bits per heavy atom. The predicted molar refractivity (Wildman–Crippen MR) is 97.6 cm³/mol. The van der Waals surface area contributed by atoms with Crippen LogP contribution in [0.5, 0.6) is 5.75 Å². The maximum atomic E-state index is 12.1. The third-order valence-electron chi connectivity index (χ3n) is 3.57. The largest absolute Gasteiger partial charge is 0.487 e. The standard InChI is InChI=1S/C20H17ClN2O2/c21-17-9-7-16(8-10-17)20(24)23-13-15-4-3-6-19(12-15)25-14-18-5-1-2-11-22-18/h1-12H,13-14H2,(H,23,24). The number of pyridine rings is 1. The number of aromatic nitrogens is 1. The van der Waals surface area contributed by atoms with Crippen molar-refractivity contribution in [1.29, 1.82) is 0 Å². The van der Waals surface area contributed by atoms with E-state index in [1.54, 1.807) is 30.5 Å². The molecule has 1 aromatic heterocycles. The third-order valence-corrected chi connectivity index (χ3v) is 3.82. The summed E-state index contributed by atoms with van der Waals surface area (Å²) in [4.78, 5) is 16.4. The summed E-state index contributed by atoms with van der Waals surface area (Å²) in [5, 5.41) is 3.49. The van der Waals surface area contributed by atoms with Gasteiger partial charge < -0.3 is 10.1 Å². The second-order valence-corrected chi connectivity index (χ2v) is 5.88. The lowest BCUT2D eigenvalue weighted by molar-refractivity contribution is 0.0951. The molecule has 3 rings (SSSR count). The average molecular weight is 353 g/mol. The molecule has 0 spiro atoms. The van der Waals surface area contributed by atoms with E-state index in [1.807, 2.05) is 42.5 Å². The Labute approximate surface area is 151 Å². The van der Waals surface area contributed by atoms with Crippen molar-refractivity contribution in [3.63, 3.8) is 0 Å². The lowest BCUT2D eigenvalue weighted by Crippen LogP contribution is -2.22. The molecule has 25 heavy (non-hydrogen) atoms. The van der Waals surface area contributed by atoms with Gasteiger partial charge in [-0.25, -0.2) is 0 Å². The fraction of sp³-hybridized carbons (Fsp3) is 0.100. The molecule has 0 atom stereocenters. The second kappa shape index (κ2) is 8.31. The van der Waals surface area contributed by atoms with Gasteiger partial charge in [0.15, 0.2) is 0 Å². The van der Waals surface area contributed by atoms with Gasteiger partial charge in [0, 0.05) is 23.3 Å². The Kier molecular flexibility index (Phi) is 5.65. The molecule has 0 aliphatic heterocycles. The first-order valence-electron chi connectivity index (χ1n) is 7.86. The summed E-state index contributed by atoms with van der Waals surface area (Å²) in [7, 11) is 0. The number of halogens is 1. The molecule has 0 unspecified atom stereocenters. The van der Waals surface area contributed by atoms with Crippen LogP contribution in [0.2, 0.25) is 5.02 Å². The molecule has 1 heterocycles. The molecule has 0 bridgehead atoms. The van der Waals surface area contributed by atoms with E-state index in [0.717, 1.165) is 17.0 Å². The van der Waals surface area contributed by atoms with Gasteiger partial charge in [-0.15, -0.1) is 0 Å². The Morgan fingerprint density at radius 2 is 1.88 bits per heavy atom. The van der Waals surface area contributed by atoms with E-state index in [2.05, 4.69) is 10.3 Å². The van der Waals surface area contributed by atoms with Crippen molar-refractivity contribution in [2.24, 2.45) is 0 Å². The molecule has 0 aliphatic rings. The molecule has 1 N–H and O–H groups in total. The maximum absolute atomic E-state index is 12.1. The van der Waals surface area contributed by atoms with Crippen molar-refractivity contribution in [3.8, 4) is 5.75 Å². The summed E-state index contributed by atoms with van der Waals surface area (Å²) in [6, 6.07) is 20.1. The number of carbonyl (C=O) groups is 1. The summed E-state index contributed by atoms with van der Waals surface area (Å²) in [6.45, 7) is 0.823. The molecule has 2 aromatic carbocycles. The lowest BCUT2D eigenvalue weighted by atomic mass is 10.2. The minimum atomic E-state index is -0.142. The van der Waals surface area contributed by atoms with E-state index in [-0.39, 0.29) is 5.91 Å². The van der Waals surface area contributed by atoms with Crippen LogP contribution in [0.3, 0.4) is 0 Å². The molecule has 126 valence electrons. The van der Waals surface area contributed by atoms with Crippen LogP contribution < -0.4 is 10.1 Å². The normalized spacial score (nSPS) is 10.3. The molecule has 0 aliphatic carbocycles. The first-order chi connectivity index (χ1) is 12.2. The molecule has 0 saturated carbocycles. The maximum Gasteiger partial charge on any atom is 0.251 e. The lowest BCUT2D eigenvalue weighted by Gasteiger charge is -2.09. The first-order valence-corrected chi connectivity index (χ1v) is 8.24. The van der Waals surface area contributed by atoms with E-state index in [4.69, 9.17) is 16.3 Å². The number of nitrogens with zero attached hydrogens (tertiary/aromatic N) is 1. The number of ether oxygens (including phenoxy) is 1. The van der Waals surface area contributed by atoms with Crippen molar-refractivity contribution < 1.29 is 9.53 Å². The second-order valence-electron chi connectivity index (χ2n) is 5.45. The van der Waals surface area contributed by atoms with Gasteiger partial charge in [-0.05, 0) is 54.1 Å². The van der Waals surface area contributed by atoms with Crippen LogP contribution in [-0.4, -0.2) is 10.9 Å². The molecule has 3 aromatic rings. The Morgan fingerprint density at radius 1 is 1.04 bits per heavy atom. The predicted octanol–water partition coefficient (Wildman–Crippen LogP) is 4.24. The zero-order chi connectivity index (χ0) is 17.5. The van der Waals surface area contributed by atoms with Crippen LogP contribution in [-0.2, 0) is 13.2 Å². The van der Waals surface area contributed by atoms with Crippen LogP contribution >= 0.6 is 11.6 Å². The number of amides is 1. The number of nitrogens with one attached hydrogen (secondary N) is 1. The monoisotopic (exact) mass is 352 g/mol. The number of rotatable bonds is 6. The minimum absolute atomic E-state index is 0.142. The van der Waals surface area contributed by atoms with E-state index in [0.29, 0.717) is 23.7 Å². The molecular weight excluding hydrogens is 336 g/mol. The molecular formula is C20H17ClN2O2. The van der Waals surface area contributed by atoms with Crippen molar-refractivity contribution in [3.05, 3.63) is 94.8 Å². The summed E-state index contributed by atoms with van der Waals surface area (Å²) >= 11 is 5.83. The van der Waals surface area contributed by atoms with Gasteiger partial charge in [0.25, 0.3) is 5.91 Å². The molecule has 0 saturated heterocycles. The van der Waals surface area contributed by atoms with Crippen molar-refractivity contribution in [2.45, 2.75) is 13.2 Å². The number of hydrogen-bond acceptors (Lipinski definition) is 3. The number of carbonyl (C=O) groups excluding carboxylic acids is 1. The van der Waals surface area contributed by atoms with Crippen molar-refractivity contribution in [2.75, 3.05) is 0 Å². The highest BCUT2D eigenvalue weighted by Crippen LogP contribution is 2.15. The van der Waals surface area contributed by atoms with E-state index in [1.165, 1.54) is 0 Å². The quantitative estimate of drug-likeness (QED) is 0.721. The van der Waals surface area contributed by atoms with Crippen LogP contribution in [0.4, 0.5) is 0 Å². The number of benzene rings is 2. The Balaban J connectivity index is 1.56. The van der Waals surface area contributed by atoms with Crippen molar-refractivity contribution >= 4 is 17.5 Å². The van der Waals surface area contributed by atoms with Gasteiger partial charge in [0.2, 0.25) is 0 Å². The van der Waals surface area contributed by atoms with Gasteiger partial charge in [0.1, 0.15) is 12.4 Å². The van der Waals surface area contributed by atoms with Gasteiger partial charge in [-0.2, -0.15) is 0 Å². The average Bonchev–Trinajstić information content (AvgIpc) is 2.66. The summed E-state index contributed by atoms with van der Waals surface area (Å²) in [6.07, 6.45) is 1.74. The summed E-state index contributed by atoms with van der Waals surface area (Å²) in [5.41, 5.74) is 2.40.